The molecule has 0 bridgehead atoms. The van der Waals surface area contributed by atoms with Crippen molar-refractivity contribution in [1.82, 2.24) is 0 Å². The lowest BCUT2D eigenvalue weighted by Gasteiger charge is -2.07. The van der Waals surface area contributed by atoms with Gasteiger partial charge in [0.15, 0.2) is 5.78 Å². The molecule has 15 heavy (non-hydrogen) atoms. The van der Waals surface area contributed by atoms with E-state index in [1.54, 1.807) is 0 Å². The first-order valence-corrected chi connectivity index (χ1v) is 5.33. The maximum Gasteiger partial charge on any atom is 0.163 e. The van der Waals surface area contributed by atoms with Gasteiger partial charge in [0.2, 0.25) is 0 Å². The number of hydrogen-bond donors (Lipinski definition) is 0. The van der Waals surface area contributed by atoms with Gasteiger partial charge < -0.3 is 0 Å². The number of allylic oxidation sites excluding steroid dienone is 4. The van der Waals surface area contributed by atoms with Crippen LogP contribution in [0.3, 0.4) is 0 Å². The lowest BCUT2D eigenvalue weighted by molar-refractivity contribution is -0.113. The van der Waals surface area contributed by atoms with E-state index in [2.05, 4.69) is 6.08 Å². The first kappa shape index (κ1) is 9.91. The Bertz CT molecular complexity index is 399. The van der Waals surface area contributed by atoms with Crippen LogP contribution in [0.15, 0.2) is 48.6 Å². The summed E-state index contributed by atoms with van der Waals surface area (Å²) in [4.78, 5) is 11.9. The van der Waals surface area contributed by atoms with Gasteiger partial charge in [-0.3, -0.25) is 4.79 Å². The highest BCUT2D eigenvalue weighted by molar-refractivity contribution is 6.21. The van der Waals surface area contributed by atoms with Crippen molar-refractivity contribution in [3.63, 3.8) is 0 Å². The van der Waals surface area contributed by atoms with Crippen molar-refractivity contribution in [2.75, 3.05) is 0 Å². The van der Waals surface area contributed by atoms with Gasteiger partial charge in [-0.25, -0.2) is 0 Å². The molecule has 2 rings (SSSR count). The maximum absolute atomic E-state index is 11.9. The van der Waals surface area contributed by atoms with Gasteiger partial charge in [-0.15, -0.1) is 0 Å². The highest BCUT2D eigenvalue weighted by Crippen LogP contribution is 2.19. The molecule has 0 N–H and O–H groups in total. The van der Waals surface area contributed by atoms with Gasteiger partial charge >= 0.3 is 0 Å². The molecule has 76 valence electrons. The van der Waals surface area contributed by atoms with E-state index >= 15 is 0 Å². The Morgan fingerprint density at radius 2 is 1.87 bits per heavy atom. The Hall–Kier alpha value is -1.63. The van der Waals surface area contributed by atoms with E-state index in [9.17, 15) is 4.79 Å². The summed E-state index contributed by atoms with van der Waals surface area (Å²) in [5, 5.41) is 0. The molecule has 1 aliphatic rings. The summed E-state index contributed by atoms with van der Waals surface area (Å²) in [6.07, 6.45) is 8.65. The third-order valence-electron chi connectivity index (χ3n) is 2.56. The number of hydrogen-bond acceptors (Lipinski definition) is 1. The molecule has 1 aromatic carbocycles. The van der Waals surface area contributed by atoms with Crippen molar-refractivity contribution >= 4 is 11.4 Å². The van der Waals surface area contributed by atoms with Crippen LogP contribution in [0.2, 0.25) is 0 Å². The van der Waals surface area contributed by atoms with E-state index < -0.39 is 0 Å². The van der Waals surface area contributed by atoms with Crippen LogP contribution in [0, 0.1) is 0 Å². The van der Waals surface area contributed by atoms with Crippen molar-refractivity contribution in [3.05, 3.63) is 54.1 Å². The molecule has 1 nitrogen and oxygen atoms in total. The second kappa shape index (κ2) is 4.74. The number of benzene rings is 1. The standard InChI is InChI=1S/C14H14O/c15-14-11-7-2-1-6-10-13(14)12-8-4-3-5-9-12/h1,3-6,8-10H,2,7,11H2/b6-1-,13-10-. The number of rotatable bonds is 1. The van der Waals surface area contributed by atoms with E-state index in [4.69, 9.17) is 0 Å². The Kier molecular flexibility index (Phi) is 3.13. The molecule has 0 heterocycles. The van der Waals surface area contributed by atoms with Crippen molar-refractivity contribution in [2.45, 2.75) is 19.3 Å². The van der Waals surface area contributed by atoms with Gasteiger partial charge in [0, 0.05) is 12.0 Å². The Morgan fingerprint density at radius 3 is 2.67 bits per heavy atom. The minimum absolute atomic E-state index is 0.255. The predicted molar refractivity (Wildman–Crippen MR) is 62.4 cm³/mol. The number of carbonyl (C=O) groups excluding carboxylic acids is 1. The average molecular weight is 198 g/mol. The van der Waals surface area contributed by atoms with Gasteiger partial charge in [0.05, 0.1) is 0 Å². The van der Waals surface area contributed by atoms with Crippen molar-refractivity contribution < 1.29 is 4.79 Å². The minimum Gasteiger partial charge on any atom is -0.294 e. The summed E-state index contributed by atoms with van der Waals surface area (Å²) in [5.41, 5.74) is 1.86. The fourth-order valence-electron chi connectivity index (χ4n) is 1.74. The quantitative estimate of drug-likeness (QED) is 0.676. The molecule has 0 aromatic heterocycles. The normalized spacial score (nSPS) is 22.4. The number of ketones is 1. The maximum atomic E-state index is 11.9. The highest BCUT2D eigenvalue weighted by Gasteiger charge is 2.11. The Balaban J connectivity index is 2.36. The zero-order valence-corrected chi connectivity index (χ0v) is 8.65. The molecule has 1 aliphatic carbocycles. The smallest absolute Gasteiger partial charge is 0.163 e. The van der Waals surface area contributed by atoms with Gasteiger partial charge in [0.25, 0.3) is 0 Å². The van der Waals surface area contributed by atoms with E-state index in [1.165, 1.54) is 0 Å². The third kappa shape index (κ3) is 2.44. The fraction of sp³-hybridized carbons (Fsp3) is 0.214. The first-order chi connectivity index (χ1) is 7.38. The van der Waals surface area contributed by atoms with Crippen LogP contribution in [0.25, 0.3) is 5.57 Å². The molecule has 0 saturated heterocycles. The van der Waals surface area contributed by atoms with E-state index in [1.807, 2.05) is 42.5 Å². The van der Waals surface area contributed by atoms with E-state index in [-0.39, 0.29) is 5.78 Å². The predicted octanol–water partition coefficient (Wildman–Crippen LogP) is 3.38. The molecule has 0 aliphatic heterocycles. The molecule has 0 atom stereocenters. The molecule has 1 heteroatoms. The van der Waals surface area contributed by atoms with Crippen molar-refractivity contribution in [3.8, 4) is 0 Å². The largest absolute Gasteiger partial charge is 0.294 e. The zero-order chi connectivity index (χ0) is 10.5. The number of Topliss-reactive ketones (excluding diaryl/α,β-unsaturated/α-hetero) is 1. The molecule has 0 spiro atoms. The summed E-state index contributed by atoms with van der Waals surface area (Å²) in [6.45, 7) is 0. The summed E-state index contributed by atoms with van der Waals surface area (Å²) in [6, 6.07) is 9.86. The molecule has 0 fully saturated rings. The van der Waals surface area contributed by atoms with Crippen LogP contribution in [-0.2, 0) is 4.79 Å². The molecule has 0 radical (unpaired) electrons. The molecule has 1 aromatic rings. The fourth-order valence-corrected chi connectivity index (χ4v) is 1.74. The summed E-state index contributed by atoms with van der Waals surface area (Å²) < 4.78 is 0. The van der Waals surface area contributed by atoms with Crippen molar-refractivity contribution in [1.29, 1.82) is 0 Å². The van der Waals surface area contributed by atoms with Crippen LogP contribution < -0.4 is 0 Å². The topological polar surface area (TPSA) is 17.1 Å². The first-order valence-electron chi connectivity index (χ1n) is 5.33. The second-order valence-corrected chi connectivity index (χ2v) is 3.69. The summed E-state index contributed by atoms with van der Waals surface area (Å²) in [5.74, 6) is 0.255. The molecular formula is C14H14O. The molecule has 0 saturated carbocycles. The van der Waals surface area contributed by atoms with Gasteiger partial charge in [-0.05, 0) is 18.4 Å². The third-order valence-corrected chi connectivity index (χ3v) is 2.56. The van der Waals surface area contributed by atoms with Gasteiger partial charge in [0.1, 0.15) is 0 Å². The minimum atomic E-state index is 0.255. The van der Waals surface area contributed by atoms with Crippen LogP contribution in [0.1, 0.15) is 24.8 Å². The van der Waals surface area contributed by atoms with Gasteiger partial charge in [-0.2, -0.15) is 0 Å². The summed E-state index contributed by atoms with van der Waals surface area (Å²) in [7, 11) is 0. The summed E-state index contributed by atoms with van der Waals surface area (Å²) >= 11 is 0. The van der Waals surface area contributed by atoms with Gasteiger partial charge in [-0.1, -0.05) is 48.6 Å². The SMILES string of the molecule is O=C1CCC/C=C\C=C/1c1ccccc1. The monoisotopic (exact) mass is 198 g/mol. The van der Waals surface area contributed by atoms with Crippen molar-refractivity contribution in [2.24, 2.45) is 0 Å². The molecule has 0 amide bonds. The molecular weight excluding hydrogens is 184 g/mol. The Labute approximate surface area is 90.1 Å². The number of carbonyl (C=O) groups is 1. The average Bonchev–Trinajstić information content (AvgIpc) is 2.25. The zero-order valence-electron chi connectivity index (χ0n) is 8.65. The molecule has 0 unspecified atom stereocenters. The van der Waals surface area contributed by atoms with Crippen LogP contribution in [0.4, 0.5) is 0 Å². The van der Waals surface area contributed by atoms with Crippen LogP contribution >= 0.6 is 0 Å². The van der Waals surface area contributed by atoms with E-state index in [0.717, 1.165) is 24.0 Å². The highest BCUT2D eigenvalue weighted by atomic mass is 16.1. The second-order valence-electron chi connectivity index (χ2n) is 3.69. The van der Waals surface area contributed by atoms with Crippen LogP contribution in [-0.4, -0.2) is 5.78 Å². The Morgan fingerprint density at radius 1 is 1.07 bits per heavy atom. The van der Waals surface area contributed by atoms with Crippen LogP contribution in [0.5, 0.6) is 0 Å². The lowest BCUT2D eigenvalue weighted by Crippen LogP contribution is -2.02. The van der Waals surface area contributed by atoms with E-state index in [0.29, 0.717) is 6.42 Å². The lowest BCUT2D eigenvalue weighted by atomic mass is 9.96.